The van der Waals surface area contributed by atoms with Crippen LogP contribution in [0.15, 0.2) is 0 Å². The van der Waals surface area contributed by atoms with Crippen LogP contribution in [0.5, 0.6) is 0 Å². The van der Waals surface area contributed by atoms with Crippen molar-refractivity contribution in [1.82, 2.24) is 0 Å². The van der Waals surface area contributed by atoms with E-state index in [-0.39, 0.29) is 32.9 Å². The lowest BCUT2D eigenvalue weighted by Crippen LogP contribution is -2.41. The zero-order chi connectivity index (χ0) is 7.44. The Balaban J connectivity index is -0.000000320. The second-order valence-electron chi connectivity index (χ2n) is 2.31. The Morgan fingerprint density at radius 3 is 1.91 bits per heavy atom. The maximum absolute atomic E-state index is 10.4. The molecule has 2 atom stereocenters. The summed E-state index contributed by atoms with van der Waals surface area (Å²) in [6.07, 6.45) is 0.893. The van der Waals surface area contributed by atoms with E-state index in [9.17, 15) is 4.79 Å². The molecule has 0 radical (unpaired) electrons. The first-order chi connectivity index (χ1) is 4.09. The minimum Gasteiger partial charge on any atom is -0.368 e. The second-order valence-corrected chi connectivity index (χ2v) is 2.31. The summed E-state index contributed by atoms with van der Waals surface area (Å²) in [7, 11) is 0. The van der Waals surface area contributed by atoms with Crippen LogP contribution in [0, 0.1) is 5.92 Å². The van der Waals surface area contributed by atoms with E-state index in [2.05, 4.69) is 0 Å². The lowest BCUT2D eigenvalue weighted by atomic mass is 10.00. The van der Waals surface area contributed by atoms with Crippen molar-refractivity contribution < 1.29 is 4.79 Å². The predicted octanol–water partition coefficient (Wildman–Crippen LogP) is 0.0707. The lowest BCUT2D eigenvalue weighted by Gasteiger charge is -2.13. The summed E-state index contributed by atoms with van der Waals surface area (Å²) >= 11 is 0. The van der Waals surface area contributed by atoms with Gasteiger partial charge in [-0.3, -0.25) is 4.79 Å². The largest absolute Gasteiger partial charge is 0.368 e. The monoisotopic (exact) mass is 198 g/mol. The van der Waals surface area contributed by atoms with E-state index in [1.165, 1.54) is 0 Å². The maximum atomic E-state index is 10.4. The van der Waals surface area contributed by atoms with Gasteiger partial charge in [0.15, 0.2) is 0 Å². The highest BCUT2D eigenvalue weighted by molar-refractivity contribution is 7.59. The molecule has 4 N–H and O–H groups in total. The summed E-state index contributed by atoms with van der Waals surface area (Å²) in [6, 6.07) is -0.477. The molecule has 0 rings (SSSR count). The first kappa shape index (κ1) is 17.3. The minimum atomic E-state index is -0.477. The van der Waals surface area contributed by atoms with Gasteiger partial charge >= 0.3 is 0 Å². The Morgan fingerprint density at radius 2 is 1.82 bits per heavy atom. The Kier molecular flexibility index (Phi) is 12.9. The van der Waals surface area contributed by atoms with Crippen molar-refractivity contribution >= 4 is 32.9 Å². The molecule has 0 aromatic carbocycles. The first-order valence-electron chi connectivity index (χ1n) is 3.14. The highest BCUT2D eigenvalue weighted by Gasteiger charge is 2.15. The summed E-state index contributed by atoms with van der Waals surface area (Å²) in [5.74, 6) is -0.216. The molecule has 0 aliphatic carbocycles. The Hall–Kier alpha value is 0.130. The van der Waals surface area contributed by atoms with Gasteiger partial charge < -0.3 is 11.5 Å². The lowest BCUT2D eigenvalue weighted by molar-refractivity contribution is -0.120. The van der Waals surface area contributed by atoms with E-state index in [1.54, 1.807) is 0 Å². The van der Waals surface area contributed by atoms with Crippen molar-refractivity contribution in [1.29, 1.82) is 0 Å². The van der Waals surface area contributed by atoms with Crippen LogP contribution in [0.25, 0.3) is 0 Å². The van der Waals surface area contributed by atoms with Gasteiger partial charge in [-0.05, 0) is 5.92 Å². The third kappa shape index (κ3) is 6.52. The zero-order valence-corrected chi connectivity index (χ0v) is 8.92. The number of amides is 1. The molecule has 0 saturated carbocycles. The quantitative estimate of drug-likeness (QED) is 0.674. The van der Waals surface area contributed by atoms with Crippen LogP contribution in [0.1, 0.15) is 20.3 Å². The van der Waals surface area contributed by atoms with E-state index in [4.69, 9.17) is 11.5 Å². The van der Waals surface area contributed by atoms with Crippen LogP contribution in [0.4, 0.5) is 0 Å². The van der Waals surface area contributed by atoms with Crippen LogP contribution in [-0.4, -0.2) is 11.9 Å². The van der Waals surface area contributed by atoms with Gasteiger partial charge in [0, 0.05) is 0 Å². The topological polar surface area (TPSA) is 69.1 Å². The van der Waals surface area contributed by atoms with Crippen molar-refractivity contribution in [2.45, 2.75) is 26.3 Å². The molecule has 0 aliphatic heterocycles. The van der Waals surface area contributed by atoms with E-state index < -0.39 is 11.9 Å². The fraction of sp³-hybridized carbons (Fsp3) is 0.833. The fourth-order valence-electron chi connectivity index (χ4n) is 0.534. The number of carbonyl (C=O) groups is 1. The van der Waals surface area contributed by atoms with Gasteiger partial charge in [0.2, 0.25) is 5.91 Å². The molecule has 5 heteroatoms. The number of carbonyl (C=O) groups excluding carboxylic acids is 1. The average Bonchev–Trinajstić information content (AvgIpc) is 1.84. The standard InChI is InChI=1S/C6H14N2O.2H2S/c1-3-4(2)5(7)6(8)9;;/h4-5H,3,7H2,1-2H3,(H2,8,9);2*1H2/t4-,5?;;/m0../s1. The molecule has 0 saturated heterocycles. The SMILES string of the molecule is CC[C@H](C)C(N)C(N)=O.S.S. The first-order valence-corrected chi connectivity index (χ1v) is 3.14. The number of primary amides is 1. The van der Waals surface area contributed by atoms with Crippen molar-refractivity contribution in [3.63, 3.8) is 0 Å². The van der Waals surface area contributed by atoms with Crippen LogP contribution >= 0.6 is 27.0 Å². The Morgan fingerprint density at radius 1 is 1.45 bits per heavy atom. The fourth-order valence-corrected chi connectivity index (χ4v) is 0.534. The van der Waals surface area contributed by atoms with Crippen LogP contribution in [0.3, 0.4) is 0 Å². The van der Waals surface area contributed by atoms with Gasteiger partial charge in [-0.15, -0.1) is 0 Å². The molecule has 0 bridgehead atoms. The number of hydrogen-bond donors (Lipinski definition) is 2. The maximum Gasteiger partial charge on any atom is 0.234 e. The minimum absolute atomic E-state index is 0. The third-order valence-corrected chi connectivity index (χ3v) is 1.59. The number of nitrogens with two attached hydrogens (primary N) is 2. The van der Waals surface area contributed by atoms with Gasteiger partial charge in [-0.2, -0.15) is 27.0 Å². The van der Waals surface area contributed by atoms with Gasteiger partial charge in [0.05, 0.1) is 6.04 Å². The zero-order valence-electron chi connectivity index (χ0n) is 6.92. The van der Waals surface area contributed by atoms with E-state index in [0.29, 0.717) is 0 Å². The van der Waals surface area contributed by atoms with Crippen molar-refractivity contribution in [3.8, 4) is 0 Å². The molecule has 1 amide bonds. The molecule has 0 aliphatic rings. The van der Waals surface area contributed by atoms with Crippen molar-refractivity contribution in [3.05, 3.63) is 0 Å². The van der Waals surface area contributed by atoms with Crippen LogP contribution in [-0.2, 0) is 4.79 Å². The summed E-state index contributed by atoms with van der Waals surface area (Å²) in [5, 5.41) is 0. The van der Waals surface area contributed by atoms with E-state index in [1.807, 2.05) is 13.8 Å². The molecule has 0 aromatic rings. The Bertz CT molecular complexity index is 111. The van der Waals surface area contributed by atoms with E-state index in [0.717, 1.165) is 6.42 Å². The molecule has 0 fully saturated rings. The molecule has 1 unspecified atom stereocenters. The smallest absolute Gasteiger partial charge is 0.234 e. The molecule has 11 heavy (non-hydrogen) atoms. The summed E-state index contributed by atoms with van der Waals surface area (Å²) in [6.45, 7) is 3.89. The molecule has 0 aromatic heterocycles. The molecular weight excluding hydrogens is 180 g/mol. The van der Waals surface area contributed by atoms with Gasteiger partial charge in [0.1, 0.15) is 0 Å². The second kappa shape index (κ2) is 8.23. The molecule has 0 spiro atoms. The summed E-state index contributed by atoms with van der Waals surface area (Å²) < 4.78 is 0. The molecule has 70 valence electrons. The summed E-state index contributed by atoms with van der Waals surface area (Å²) in [4.78, 5) is 10.4. The number of rotatable bonds is 3. The highest BCUT2D eigenvalue weighted by atomic mass is 32.1. The highest BCUT2D eigenvalue weighted by Crippen LogP contribution is 2.03. The molecule has 3 nitrogen and oxygen atoms in total. The van der Waals surface area contributed by atoms with Crippen LogP contribution in [0.2, 0.25) is 0 Å². The van der Waals surface area contributed by atoms with Gasteiger partial charge in [0.25, 0.3) is 0 Å². The Labute approximate surface area is 81.8 Å². The third-order valence-electron chi connectivity index (χ3n) is 1.59. The van der Waals surface area contributed by atoms with Crippen LogP contribution < -0.4 is 11.5 Å². The van der Waals surface area contributed by atoms with Crippen molar-refractivity contribution in [2.24, 2.45) is 17.4 Å². The van der Waals surface area contributed by atoms with Crippen molar-refractivity contribution in [2.75, 3.05) is 0 Å². The van der Waals surface area contributed by atoms with Gasteiger partial charge in [-0.25, -0.2) is 0 Å². The average molecular weight is 198 g/mol. The normalized spacial score (nSPS) is 13.7. The summed E-state index contributed by atoms with van der Waals surface area (Å²) in [5.41, 5.74) is 10.3. The number of hydrogen-bond acceptors (Lipinski definition) is 2. The predicted molar refractivity (Wildman–Crippen MR) is 57.4 cm³/mol. The van der Waals surface area contributed by atoms with E-state index >= 15 is 0 Å². The molecular formula is C6H18N2OS2. The van der Waals surface area contributed by atoms with Gasteiger partial charge in [-0.1, -0.05) is 20.3 Å². The molecule has 0 heterocycles.